The zero-order valence-electron chi connectivity index (χ0n) is 11.7. The lowest BCUT2D eigenvalue weighted by Crippen LogP contribution is -2.51. The van der Waals surface area contributed by atoms with Gasteiger partial charge in [-0.15, -0.1) is 0 Å². The average Bonchev–Trinajstić information content (AvgIpc) is 2.40. The van der Waals surface area contributed by atoms with Gasteiger partial charge in [0.15, 0.2) is 0 Å². The Labute approximate surface area is 120 Å². The molecule has 1 aliphatic rings. The number of carbonyl (C=O) groups excluding carboxylic acids is 2. The normalized spacial score (nSPS) is 22.0. The first-order chi connectivity index (χ1) is 9.86. The number of hydrogen-bond acceptors (Lipinski definition) is 3. The molecule has 2 rings (SSSR count). The average molecular weight is 298 g/mol. The van der Waals surface area contributed by atoms with Crippen LogP contribution in [-0.2, 0) is 14.3 Å². The number of hydrogen-bond donors (Lipinski definition) is 1. The van der Waals surface area contributed by atoms with Gasteiger partial charge < -0.3 is 15.0 Å². The van der Waals surface area contributed by atoms with Gasteiger partial charge in [0.1, 0.15) is 11.6 Å². The topological polar surface area (TPSA) is 58.6 Å². The van der Waals surface area contributed by atoms with Gasteiger partial charge in [-0.05, 0) is 26.0 Å². The summed E-state index contributed by atoms with van der Waals surface area (Å²) in [6, 6.07) is 2.71. The molecular weight excluding hydrogens is 282 g/mol. The lowest BCUT2D eigenvalue weighted by Gasteiger charge is -2.34. The quantitative estimate of drug-likeness (QED) is 0.800. The van der Waals surface area contributed by atoms with E-state index in [1.807, 2.05) is 0 Å². The van der Waals surface area contributed by atoms with Crippen molar-refractivity contribution in [2.24, 2.45) is 0 Å². The Morgan fingerprint density at radius 2 is 1.86 bits per heavy atom. The van der Waals surface area contributed by atoms with Gasteiger partial charge in [0.25, 0.3) is 0 Å². The fourth-order valence-corrected chi connectivity index (χ4v) is 2.25. The lowest BCUT2D eigenvalue weighted by atomic mass is 10.2. The van der Waals surface area contributed by atoms with E-state index in [2.05, 4.69) is 5.32 Å². The zero-order valence-corrected chi connectivity index (χ0v) is 11.7. The zero-order chi connectivity index (χ0) is 15.6. The van der Waals surface area contributed by atoms with E-state index in [-0.39, 0.29) is 17.9 Å². The summed E-state index contributed by atoms with van der Waals surface area (Å²) in [6.45, 7) is 4.19. The summed E-state index contributed by atoms with van der Waals surface area (Å²) in [5.41, 5.74) is -0.232. The number of ether oxygens (including phenoxy) is 1. The first kappa shape index (κ1) is 15.4. The summed E-state index contributed by atoms with van der Waals surface area (Å²) in [5, 5.41) is 2.15. The third-order valence-corrected chi connectivity index (χ3v) is 3.08. The molecule has 2 unspecified atom stereocenters. The molecule has 2 amide bonds. The second kappa shape index (κ2) is 6.17. The lowest BCUT2D eigenvalue weighted by molar-refractivity contribution is -0.151. The maximum atomic E-state index is 13.4. The van der Waals surface area contributed by atoms with E-state index in [1.54, 1.807) is 13.8 Å². The molecule has 1 N–H and O–H groups in total. The second-order valence-corrected chi connectivity index (χ2v) is 5.05. The molecule has 7 heteroatoms. The maximum Gasteiger partial charge on any atom is 0.313 e. The molecule has 1 aliphatic heterocycles. The molecule has 0 saturated carbocycles. The Bertz CT molecular complexity index is 555. The monoisotopic (exact) mass is 298 g/mol. The molecule has 0 aliphatic carbocycles. The number of nitrogens with one attached hydrogen (secondary N) is 1. The second-order valence-electron chi connectivity index (χ2n) is 5.05. The number of halogens is 2. The molecule has 21 heavy (non-hydrogen) atoms. The Morgan fingerprint density at radius 1 is 1.24 bits per heavy atom. The fraction of sp³-hybridized carbons (Fsp3) is 0.429. The Morgan fingerprint density at radius 3 is 2.43 bits per heavy atom. The summed E-state index contributed by atoms with van der Waals surface area (Å²) in [6.07, 6.45) is -0.346. The van der Waals surface area contributed by atoms with Crippen LogP contribution in [0.1, 0.15) is 13.8 Å². The molecule has 1 saturated heterocycles. The van der Waals surface area contributed by atoms with Gasteiger partial charge in [0.05, 0.1) is 17.9 Å². The van der Waals surface area contributed by atoms with Crippen molar-refractivity contribution in [1.82, 2.24) is 4.90 Å². The van der Waals surface area contributed by atoms with Crippen LogP contribution in [0, 0.1) is 11.6 Å². The number of carbonyl (C=O) groups is 2. The molecular formula is C14H16F2N2O3. The third kappa shape index (κ3) is 3.75. The number of nitrogens with zero attached hydrogens (tertiary/aromatic N) is 1. The molecule has 0 bridgehead atoms. The molecule has 0 aromatic heterocycles. The smallest absolute Gasteiger partial charge is 0.313 e. The minimum absolute atomic E-state index is 0.173. The van der Waals surface area contributed by atoms with Gasteiger partial charge in [-0.2, -0.15) is 0 Å². The summed E-state index contributed by atoms with van der Waals surface area (Å²) < 4.78 is 31.7. The van der Waals surface area contributed by atoms with Crippen LogP contribution in [0.2, 0.25) is 0 Å². The third-order valence-electron chi connectivity index (χ3n) is 3.08. The number of rotatable bonds is 1. The Hall–Kier alpha value is -2.02. The van der Waals surface area contributed by atoms with Gasteiger partial charge in [0, 0.05) is 19.2 Å². The van der Waals surface area contributed by atoms with Crippen LogP contribution in [0.3, 0.4) is 0 Å². The first-order valence-corrected chi connectivity index (χ1v) is 6.57. The largest absolute Gasteiger partial charge is 0.372 e. The van der Waals surface area contributed by atoms with Gasteiger partial charge in [-0.1, -0.05) is 0 Å². The van der Waals surface area contributed by atoms with Gasteiger partial charge >= 0.3 is 11.8 Å². The Kier molecular flexibility index (Phi) is 4.52. The number of anilines is 1. The summed E-state index contributed by atoms with van der Waals surface area (Å²) >= 11 is 0. The van der Waals surface area contributed by atoms with E-state index in [0.29, 0.717) is 19.2 Å². The highest BCUT2D eigenvalue weighted by Crippen LogP contribution is 2.16. The van der Waals surface area contributed by atoms with Crippen LogP contribution in [0.15, 0.2) is 18.2 Å². The van der Waals surface area contributed by atoms with Crippen molar-refractivity contribution in [3.8, 4) is 0 Å². The molecule has 0 spiro atoms. The van der Waals surface area contributed by atoms with Crippen molar-refractivity contribution in [1.29, 1.82) is 0 Å². The summed E-state index contributed by atoms with van der Waals surface area (Å²) in [4.78, 5) is 25.2. The van der Waals surface area contributed by atoms with E-state index >= 15 is 0 Å². The van der Waals surface area contributed by atoms with Crippen LogP contribution in [0.5, 0.6) is 0 Å². The molecule has 2 atom stereocenters. The van der Waals surface area contributed by atoms with Crippen LogP contribution in [0.25, 0.3) is 0 Å². The van der Waals surface area contributed by atoms with Crippen molar-refractivity contribution in [2.75, 3.05) is 18.4 Å². The van der Waals surface area contributed by atoms with Gasteiger partial charge in [-0.25, -0.2) is 8.78 Å². The van der Waals surface area contributed by atoms with Crippen LogP contribution < -0.4 is 5.32 Å². The predicted molar refractivity (Wildman–Crippen MR) is 71.6 cm³/mol. The summed E-state index contributed by atoms with van der Waals surface area (Å²) in [5.74, 6) is -3.41. The number of amides is 2. The molecule has 1 fully saturated rings. The van der Waals surface area contributed by atoms with E-state index in [4.69, 9.17) is 4.74 Å². The van der Waals surface area contributed by atoms with Crippen molar-refractivity contribution in [3.63, 3.8) is 0 Å². The highest BCUT2D eigenvalue weighted by Gasteiger charge is 2.30. The van der Waals surface area contributed by atoms with E-state index in [9.17, 15) is 18.4 Å². The SMILES string of the molecule is CC1CN(C(=O)C(=O)Nc2ccc(F)cc2F)CC(C)O1. The standard InChI is InChI=1S/C14H16F2N2O3/c1-8-6-18(7-9(2)21-8)14(20)13(19)17-12-4-3-10(15)5-11(12)16/h3-5,8-9H,6-7H2,1-2H3,(H,17,19). The summed E-state index contributed by atoms with van der Waals surface area (Å²) in [7, 11) is 0. The van der Waals surface area contributed by atoms with Crippen LogP contribution in [0.4, 0.5) is 14.5 Å². The minimum atomic E-state index is -0.957. The molecule has 1 aromatic carbocycles. The first-order valence-electron chi connectivity index (χ1n) is 6.57. The van der Waals surface area contributed by atoms with Crippen LogP contribution in [-0.4, -0.2) is 42.0 Å². The van der Waals surface area contributed by atoms with E-state index < -0.39 is 23.4 Å². The number of morpholine rings is 1. The van der Waals surface area contributed by atoms with E-state index in [1.165, 1.54) is 4.90 Å². The van der Waals surface area contributed by atoms with Gasteiger partial charge in [-0.3, -0.25) is 9.59 Å². The minimum Gasteiger partial charge on any atom is -0.372 e. The van der Waals surface area contributed by atoms with Crippen molar-refractivity contribution < 1.29 is 23.1 Å². The van der Waals surface area contributed by atoms with E-state index in [0.717, 1.165) is 12.1 Å². The molecule has 114 valence electrons. The number of benzene rings is 1. The van der Waals surface area contributed by atoms with Crippen molar-refractivity contribution in [3.05, 3.63) is 29.8 Å². The molecule has 0 radical (unpaired) electrons. The fourth-order valence-electron chi connectivity index (χ4n) is 2.25. The highest BCUT2D eigenvalue weighted by atomic mass is 19.1. The maximum absolute atomic E-state index is 13.4. The molecule has 1 heterocycles. The van der Waals surface area contributed by atoms with Crippen molar-refractivity contribution in [2.45, 2.75) is 26.1 Å². The van der Waals surface area contributed by atoms with Gasteiger partial charge in [0.2, 0.25) is 0 Å². The molecule has 5 nitrogen and oxygen atoms in total. The van der Waals surface area contributed by atoms with Crippen molar-refractivity contribution >= 4 is 17.5 Å². The van der Waals surface area contributed by atoms with Crippen LogP contribution >= 0.6 is 0 Å². The molecule has 1 aromatic rings. The Balaban J connectivity index is 2.04. The highest BCUT2D eigenvalue weighted by molar-refractivity contribution is 6.39. The predicted octanol–water partition coefficient (Wildman–Crippen LogP) is 1.54.